The standard InChI is InChI=1S/C14H23NO10/c1-6(16)2-3-10(20)15-5-9(19)11(21)7(17)4-8(18)12(22)13(23)14(24)25/h7-9,11-12,17-19,21-22H,2-5H2,1H3,(H,15,20)(H,24,25)/t7-,8+,9+,11+,12-/m1/s1. The minimum Gasteiger partial charge on any atom is -0.475 e. The Morgan fingerprint density at radius 2 is 1.44 bits per heavy atom. The lowest BCUT2D eigenvalue weighted by Gasteiger charge is -2.25. The third kappa shape index (κ3) is 8.65. The van der Waals surface area contributed by atoms with E-state index in [9.17, 15) is 44.7 Å². The highest BCUT2D eigenvalue weighted by Gasteiger charge is 2.34. The van der Waals surface area contributed by atoms with E-state index < -0.39 is 61.1 Å². The maximum absolute atomic E-state index is 11.4. The summed E-state index contributed by atoms with van der Waals surface area (Å²) >= 11 is 0. The van der Waals surface area contributed by atoms with Crippen LogP contribution in [0, 0.1) is 0 Å². The van der Waals surface area contributed by atoms with Crippen molar-refractivity contribution in [2.45, 2.75) is 56.7 Å². The third-order valence-corrected chi connectivity index (χ3v) is 3.33. The van der Waals surface area contributed by atoms with Gasteiger partial charge in [0.1, 0.15) is 18.0 Å². The molecule has 7 N–H and O–H groups in total. The molecule has 0 saturated carbocycles. The third-order valence-electron chi connectivity index (χ3n) is 3.33. The number of ketones is 2. The number of carboxylic acids is 1. The second-order valence-corrected chi connectivity index (χ2v) is 5.55. The summed E-state index contributed by atoms with van der Waals surface area (Å²) in [5.74, 6) is -4.42. The Labute approximate surface area is 142 Å². The molecule has 0 aliphatic carbocycles. The van der Waals surface area contributed by atoms with Gasteiger partial charge < -0.3 is 40.8 Å². The molecular weight excluding hydrogens is 342 g/mol. The number of carboxylic acid groups (broad SMARTS) is 1. The minimum atomic E-state index is -2.30. The van der Waals surface area contributed by atoms with Gasteiger partial charge in [0, 0.05) is 25.8 Å². The first kappa shape index (κ1) is 23.1. The Kier molecular flexibility index (Phi) is 10.0. The van der Waals surface area contributed by atoms with Crippen molar-refractivity contribution < 1.29 is 49.8 Å². The van der Waals surface area contributed by atoms with Gasteiger partial charge in [0.2, 0.25) is 5.91 Å². The molecule has 144 valence electrons. The number of hydrogen-bond acceptors (Lipinski definition) is 9. The number of aliphatic hydroxyl groups excluding tert-OH is 5. The van der Waals surface area contributed by atoms with E-state index in [-0.39, 0.29) is 18.6 Å². The van der Waals surface area contributed by atoms with Crippen LogP contribution in [0.15, 0.2) is 0 Å². The quantitative estimate of drug-likeness (QED) is 0.169. The maximum Gasteiger partial charge on any atom is 0.375 e. The number of nitrogens with one attached hydrogen (secondary N) is 1. The molecule has 0 aliphatic heterocycles. The predicted molar refractivity (Wildman–Crippen MR) is 80.2 cm³/mol. The Balaban J connectivity index is 4.40. The normalized spacial score (nSPS) is 17.0. The Bertz CT molecular complexity index is 494. The fraction of sp³-hybridized carbons (Fsp3) is 0.714. The van der Waals surface area contributed by atoms with E-state index in [1.54, 1.807) is 0 Å². The van der Waals surface area contributed by atoms with Crippen molar-refractivity contribution in [3.8, 4) is 0 Å². The summed E-state index contributed by atoms with van der Waals surface area (Å²) in [6.45, 7) is 0.846. The van der Waals surface area contributed by atoms with Crippen molar-refractivity contribution in [3.63, 3.8) is 0 Å². The van der Waals surface area contributed by atoms with E-state index in [1.165, 1.54) is 6.92 Å². The Morgan fingerprint density at radius 3 is 1.92 bits per heavy atom. The molecule has 0 bridgehead atoms. The topological polar surface area (TPSA) is 202 Å². The van der Waals surface area contributed by atoms with Crippen LogP contribution >= 0.6 is 0 Å². The van der Waals surface area contributed by atoms with Gasteiger partial charge in [0.15, 0.2) is 0 Å². The number of aliphatic carboxylic acids is 1. The van der Waals surface area contributed by atoms with Crippen LogP contribution in [0.5, 0.6) is 0 Å². The summed E-state index contributed by atoms with van der Waals surface area (Å²) in [5, 5.41) is 58.4. The largest absolute Gasteiger partial charge is 0.475 e. The molecule has 0 aliphatic rings. The van der Waals surface area contributed by atoms with Crippen molar-refractivity contribution in [3.05, 3.63) is 0 Å². The zero-order valence-corrected chi connectivity index (χ0v) is 13.5. The van der Waals surface area contributed by atoms with Crippen LogP contribution in [0.4, 0.5) is 0 Å². The molecule has 11 nitrogen and oxygen atoms in total. The average molecular weight is 365 g/mol. The lowest BCUT2D eigenvalue weighted by molar-refractivity contribution is -0.157. The van der Waals surface area contributed by atoms with Gasteiger partial charge >= 0.3 is 5.97 Å². The van der Waals surface area contributed by atoms with Crippen LogP contribution in [0.1, 0.15) is 26.2 Å². The van der Waals surface area contributed by atoms with Gasteiger partial charge in [-0.2, -0.15) is 0 Å². The summed E-state index contributed by atoms with van der Waals surface area (Å²) in [5.41, 5.74) is 0. The average Bonchev–Trinajstić information content (AvgIpc) is 2.55. The first-order valence-electron chi connectivity index (χ1n) is 7.41. The summed E-state index contributed by atoms with van der Waals surface area (Å²) in [6, 6.07) is 0. The molecule has 0 unspecified atom stereocenters. The summed E-state index contributed by atoms with van der Waals surface area (Å²) in [4.78, 5) is 43.5. The SMILES string of the molecule is CC(=O)CCC(=O)NC[C@H](O)[C@@H](O)[C@H](O)C[C@H](O)[C@@H](O)C(=O)C(=O)O. The van der Waals surface area contributed by atoms with Crippen molar-refractivity contribution in [2.75, 3.05) is 6.54 Å². The summed E-state index contributed by atoms with van der Waals surface area (Å²) in [7, 11) is 0. The molecule has 25 heavy (non-hydrogen) atoms. The molecule has 0 aromatic carbocycles. The first-order chi connectivity index (χ1) is 11.5. The van der Waals surface area contributed by atoms with Gasteiger partial charge in [0.05, 0.1) is 18.3 Å². The van der Waals surface area contributed by atoms with Crippen LogP contribution in [0.3, 0.4) is 0 Å². The van der Waals surface area contributed by atoms with Crippen LogP contribution in [-0.2, 0) is 19.2 Å². The van der Waals surface area contributed by atoms with Gasteiger partial charge in [-0.3, -0.25) is 9.59 Å². The van der Waals surface area contributed by atoms with Crippen LogP contribution in [0.2, 0.25) is 0 Å². The van der Waals surface area contributed by atoms with Crippen molar-refractivity contribution >= 4 is 23.4 Å². The number of aliphatic hydroxyl groups is 5. The van der Waals surface area contributed by atoms with E-state index in [0.717, 1.165) is 0 Å². The van der Waals surface area contributed by atoms with Gasteiger partial charge in [-0.05, 0) is 6.92 Å². The lowest BCUT2D eigenvalue weighted by Crippen LogP contribution is -2.47. The summed E-state index contributed by atoms with van der Waals surface area (Å²) in [6.07, 6.45) is -10.5. The molecule has 5 atom stereocenters. The first-order valence-corrected chi connectivity index (χ1v) is 7.41. The maximum atomic E-state index is 11.4. The van der Waals surface area contributed by atoms with Crippen molar-refractivity contribution in [1.29, 1.82) is 0 Å². The highest BCUT2D eigenvalue weighted by atomic mass is 16.4. The number of carbonyl (C=O) groups is 4. The molecule has 0 saturated heterocycles. The number of amides is 1. The van der Waals surface area contributed by atoms with Gasteiger partial charge in [-0.15, -0.1) is 0 Å². The molecular formula is C14H23NO10. The molecule has 0 aromatic heterocycles. The fourth-order valence-corrected chi connectivity index (χ4v) is 1.79. The smallest absolute Gasteiger partial charge is 0.375 e. The molecule has 0 spiro atoms. The van der Waals surface area contributed by atoms with E-state index in [1.807, 2.05) is 0 Å². The Hall–Kier alpha value is -1.92. The number of hydrogen-bond donors (Lipinski definition) is 7. The zero-order chi connectivity index (χ0) is 19.7. The monoisotopic (exact) mass is 365 g/mol. The van der Waals surface area contributed by atoms with Gasteiger partial charge in [-0.25, -0.2) is 4.79 Å². The summed E-state index contributed by atoms with van der Waals surface area (Å²) < 4.78 is 0. The van der Waals surface area contributed by atoms with E-state index >= 15 is 0 Å². The zero-order valence-electron chi connectivity index (χ0n) is 13.5. The van der Waals surface area contributed by atoms with E-state index in [0.29, 0.717) is 0 Å². The number of carbonyl (C=O) groups excluding carboxylic acids is 3. The minimum absolute atomic E-state index is 0.00872. The van der Waals surface area contributed by atoms with E-state index in [4.69, 9.17) is 5.11 Å². The molecule has 1 amide bonds. The van der Waals surface area contributed by atoms with Crippen molar-refractivity contribution in [1.82, 2.24) is 5.32 Å². The van der Waals surface area contributed by atoms with Crippen molar-refractivity contribution in [2.24, 2.45) is 0 Å². The molecule has 0 fully saturated rings. The van der Waals surface area contributed by atoms with Gasteiger partial charge in [0.25, 0.3) is 5.78 Å². The van der Waals surface area contributed by atoms with Crippen LogP contribution in [-0.4, -0.2) is 91.1 Å². The number of rotatable bonds is 12. The number of Topliss-reactive ketones (excluding diaryl/α,β-unsaturated/α-hetero) is 2. The highest BCUT2D eigenvalue weighted by molar-refractivity contribution is 6.34. The fourth-order valence-electron chi connectivity index (χ4n) is 1.79. The molecule has 0 aromatic rings. The van der Waals surface area contributed by atoms with Crippen LogP contribution < -0.4 is 5.32 Å². The molecule has 0 rings (SSSR count). The highest BCUT2D eigenvalue weighted by Crippen LogP contribution is 2.10. The lowest BCUT2D eigenvalue weighted by atomic mass is 9.97. The van der Waals surface area contributed by atoms with E-state index in [2.05, 4.69) is 5.32 Å². The molecule has 11 heteroatoms. The Morgan fingerprint density at radius 1 is 0.880 bits per heavy atom. The van der Waals surface area contributed by atoms with Crippen LogP contribution in [0.25, 0.3) is 0 Å². The second kappa shape index (κ2) is 10.8. The van der Waals surface area contributed by atoms with Gasteiger partial charge in [-0.1, -0.05) is 0 Å². The molecule has 0 radical (unpaired) electrons. The second-order valence-electron chi connectivity index (χ2n) is 5.55. The molecule has 0 heterocycles. The predicted octanol–water partition coefficient (Wildman–Crippen LogP) is -3.68.